The van der Waals surface area contributed by atoms with Crippen LogP contribution < -0.4 is 0 Å². The van der Waals surface area contributed by atoms with E-state index >= 15 is 0 Å². The van der Waals surface area contributed by atoms with Crippen LogP contribution in [-0.2, 0) is 0 Å². The zero-order chi connectivity index (χ0) is 20.3. The Morgan fingerprint density at radius 1 is 1.07 bits per heavy atom. The van der Waals surface area contributed by atoms with E-state index in [9.17, 15) is 15.5 Å². The van der Waals surface area contributed by atoms with Crippen molar-refractivity contribution in [2.24, 2.45) is 46.3 Å². The number of aliphatic hydroxyl groups is 2. The summed E-state index contributed by atoms with van der Waals surface area (Å²) in [6, 6.07) is 2.42. The zero-order valence-electron chi connectivity index (χ0n) is 18.5. The average molecular weight is 388 g/mol. The van der Waals surface area contributed by atoms with Crippen molar-refractivity contribution in [3.8, 4) is 6.07 Å². The first-order valence-corrected chi connectivity index (χ1v) is 12.0. The maximum atomic E-state index is 11.8. The minimum Gasteiger partial charge on any atom is -0.393 e. The monoisotopic (exact) mass is 387 g/mol. The van der Waals surface area contributed by atoms with Gasteiger partial charge in [-0.3, -0.25) is 0 Å². The molecular weight excluding hydrogens is 346 g/mol. The van der Waals surface area contributed by atoms with Gasteiger partial charge in [0.2, 0.25) is 0 Å². The summed E-state index contributed by atoms with van der Waals surface area (Å²) in [5.41, 5.74) is -0.111. The Hall–Kier alpha value is -0.590. The summed E-state index contributed by atoms with van der Waals surface area (Å²) >= 11 is 0. The summed E-state index contributed by atoms with van der Waals surface area (Å²) in [4.78, 5) is 0. The number of aliphatic hydroxyl groups excluding tert-OH is 1. The molecule has 0 saturated heterocycles. The largest absolute Gasteiger partial charge is 0.393 e. The van der Waals surface area contributed by atoms with Crippen molar-refractivity contribution in [2.75, 3.05) is 0 Å². The molecule has 4 aliphatic rings. The fourth-order valence-corrected chi connectivity index (χ4v) is 9.18. The van der Waals surface area contributed by atoms with Crippen molar-refractivity contribution in [2.45, 2.75) is 104 Å². The van der Waals surface area contributed by atoms with E-state index in [-0.39, 0.29) is 17.4 Å². The van der Waals surface area contributed by atoms with Gasteiger partial charge >= 0.3 is 0 Å². The minimum atomic E-state index is -0.619. The highest BCUT2D eigenvalue weighted by molar-refractivity contribution is 5.14. The lowest BCUT2D eigenvalue weighted by molar-refractivity contribution is -0.217. The quantitative estimate of drug-likeness (QED) is 0.690. The molecule has 0 aromatic carbocycles. The Balaban J connectivity index is 1.67. The number of nitriles is 1. The summed E-state index contributed by atoms with van der Waals surface area (Å²) in [5, 5.41) is 31.4. The van der Waals surface area contributed by atoms with Crippen molar-refractivity contribution < 1.29 is 10.2 Å². The predicted molar refractivity (Wildman–Crippen MR) is 111 cm³/mol. The molecule has 0 aromatic heterocycles. The van der Waals surface area contributed by atoms with E-state index in [1.807, 2.05) is 0 Å². The van der Waals surface area contributed by atoms with Crippen molar-refractivity contribution in [3.63, 3.8) is 0 Å². The fourth-order valence-electron chi connectivity index (χ4n) is 9.18. The van der Waals surface area contributed by atoms with Gasteiger partial charge in [-0.1, -0.05) is 27.7 Å². The number of hydrogen-bond donors (Lipinski definition) is 2. The lowest BCUT2D eigenvalue weighted by Gasteiger charge is -2.65. The van der Waals surface area contributed by atoms with Gasteiger partial charge in [0.25, 0.3) is 0 Å². The Bertz CT molecular complexity index is 643. The van der Waals surface area contributed by atoms with Gasteiger partial charge in [-0.2, -0.15) is 5.26 Å². The number of hydrogen-bond acceptors (Lipinski definition) is 3. The molecule has 4 aliphatic carbocycles. The third kappa shape index (κ3) is 2.81. The normalized spacial score (nSPS) is 54.2. The zero-order valence-corrected chi connectivity index (χ0v) is 18.5. The van der Waals surface area contributed by atoms with Crippen molar-refractivity contribution in [3.05, 3.63) is 0 Å². The molecule has 28 heavy (non-hydrogen) atoms. The molecule has 0 aliphatic heterocycles. The van der Waals surface area contributed by atoms with Crippen molar-refractivity contribution >= 4 is 0 Å². The third-order valence-electron chi connectivity index (χ3n) is 10.6. The second-order valence-electron chi connectivity index (χ2n) is 11.6. The van der Waals surface area contributed by atoms with Gasteiger partial charge in [0, 0.05) is 6.42 Å². The predicted octanol–water partition coefficient (Wildman–Crippen LogP) is 5.31. The van der Waals surface area contributed by atoms with Crippen LogP contribution in [0.5, 0.6) is 0 Å². The molecule has 0 aromatic rings. The first kappa shape index (κ1) is 20.7. The molecule has 2 N–H and O–H groups in total. The SMILES string of the molecule is CC[C@]1(O)C[C@H]2[C@@H]3CC[C@H]([C@H](C)CC#N)[C@@]3(C)CC[C@@H]2[C@@]2(C)CC[C@@H](O)C[C@@H]12. The topological polar surface area (TPSA) is 64.2 Å². The molecule has 10 atom stereocenters. The first-order chi connectivity index (χ1) is 13.2. The van der Waals surface area contributed by atoms with Crippen molar-refractivity contribution in [1.29, 1.82) is 5.26 Å². The molecule has 0 spiro atoms. The van der Waals surface area contributed by atoms with Crippen LogP contribution in [0.2, 0.25) is 0 Å². The lowest BCUT2D eigenvalue weighted by Crippen LogP contribution is -2.63. The van der Waals surface area contributed by atoms with Gasteiger partial charge < -0.3 is 10.2 Å². The average Bonchev–Trinajstić information content (AvgIpc) is 3.01. The van der Waals surface area contributed by atoms with Gasteiger partial charge in [0.15, 0.2) is 0 Å². The van der Waals surface area contributed by atoms with E-state index in [1.54, 1.807) is 0 Å². The second-order valence-corrected chi connectivity index (χ2v) is 11.6. The van der Waals surface area contributed by atoms with E-state index in [0.717, 1.165) is 32.1 Å². The second kappa shape index (κ2) is 6.98. The van der Waals surface area contributed by atoms with Gasteiger partial charge in [0.05, 0.1) is 17.8 Å². The summed E-state index contributed by atoms with van der Waals surface area (Å²) < 4.78 is 0. The van der Waals surface area contributed by atoms with Gasteiger partial charge in [-0.15, -0.1) is 0 Å². The molecule has 4 rings (SSSR count). The molecule has 0 unspecified atom stereocenters. The number of nitrogens with zero attached hydrogens (tertiary/aromatic N) is 1. The van der Waals surface area contributed by atoms with E-state index in [1.165, 1.54) is 25.7 Å². The molecular formula is C25H41NO2. The molecule has 3 nitrogen and oxygen atoms in total. The molecule has 3 heteroatoms. The third-order valence-corrected chi connectivity index (χ3v) is 10.6. The summed E-state index contributed by atoms with van der Waals surface area (Å²) in [5.74, 6) is 3.39. The van der Waals surface area contributed by atoms with Crippen LogP contribution in [0, 0.1) is 57.7 Å². The molecule has 4 fully saturated rings. The minimum absolute atomic E-state index is 0.171. The fraction of sp³-hybridized carbons (Fsp3) is 0.960. The molecule has 4 saturated carbocycles. The first-order valence-electron chi connectivity index (χ1n) is 12.0. The molecule has 0 radical (unpaired) electrons. The van der Waals surface area contributed by atoms with E-state index < -0.39 is 5.60 Å². The Kier molecular flexibility index (Phi) is 5.16. The molecule has 158 valence electrons. The highest BCUT2D eigenvalue weighted by Crippen LogP contribution is 2.70. The summed E-state index contributed by atoms with van der Waals surface area (Å²) in [7, 11) is 0. The maximum Gasteiger partial charge on any atom is 0.0682 e. The number of rotatable bonds is 3. The molecule has 0 heterocycles. The Labute approximate surface area is 171 Å². The molecule has 0 bridgehead atoms. The standard InChI is InChI=1S/C25H41NO2/c1-5-25(28)15-18-20-7-6-19(16(2)10-13-26)23(20,3)12-9-21(18)24(4)11-8-17(27)14-22(24)25/h16-22,27-28H,5-12,14-15H2,1-4H3/t16-,17-,18+,19-,20+,21+,22-,23-,24-,25+/m1/s1. The van der Waals surface area contributed by atoms with E-state index in [0.29, 0.717) is 41.4 Å². The van der Waals surface area contributed by atoms with Gasteiger partial charge in [-0.25, -0.2) is 0 Å². The Morgan fingerprint density at radius 2 is 1.75 bits per heavy atom. The van der Waals surface area contributed by atoms with E-state index in [2.05, 4.69) is 33.8 Å². The lowest BCUT2D eigenvalue weighted by atomic mass is 9.41. The Morgan fingerprint density at radius 3 is 2.43 bits per heavy atom. The van der Waals surface area contributed by atoms with Crippen LogP contribution in [0.1, 0.15) is 91.9 Å². The van der Waals surface area contributed by atoms with Crippen LogP contribution in [-0.4, -0.2) is 21.9 Å². The van der Waals surface area contributed by atoms with Crippen LogP contribution in [0.3, 0.4) is 0 Å². The maximum absolute atomic E-state index is 11.8. The van der Waals surface area contributed by atoms with Crippen LogP contribution in [0.15, 0.2) is 0 Å². The number of fused-ring (bicyclic) bond motifs is 5. The van der Waals surface area contributed by atoms with Gasteiger partial charge in [-0.05, 0) is 104 Å². The van der Waals surface area contributed by atoms with Crippen LogP contribution in [0.4, 0.5) is 0 Å². The van der Waals surface area contributed by atoms with Gasteiger partial charge in [0.1, 0.15) is 0 Å². The molecule has 0 amide bonds. The van der Waals surface area contributed by atoms with E-state index in [4.69, 9.17) is 0 Å². The summed E-state index contributed by atoms with van der Waals surface area (Å²) in [6.07, 6.45) is 10.0. The van der Waals surface area contributed by atoms with Crippen LogP contribution >= 0.6 is 0 Å². The van der Waals surface area contributed by atoms with Crippen LogP contribution in [0.25, 0.3) is 0 Å². The highest BCUT2D eigenvalue weighted by atomic mass is 16.3. The summed E-state index contributed by atoms with van der Waals surface area (Å²) in [6.45, 7) is 9.41. The smallest absolute Gasteiger partial charge is 0.0682 e. The highest BCUT2D eigenvalue weighted by Gasteiger charge is 2.65. The van der Waals surface area contributed by atoms with Crippen molar-refractivity contribution in [1.82, 2.24) is 0 Å².